The Hall–Kier alpha value is -2.22. The Kier molecular flexibility index (Phi) is 4.46. The van der Waals surface area contributed by atoms with Crippen LogP contribution in [0.3, 0.4) is 0 Å². The summed E-state index contributed by atoms with van der Waals surface area (Å²) < 4.78 is 10.7. The van der Waals surface area contributed by atoms with Crippen LogP contribution < -0.4 is 9.47 Å². The lowest BCUT2D eigenvalue weighted by Gasteiger charge is -2.12. The number of methoxy groups -OCH3 is 1. The zero-order chi connectivity index (χ0) is 14.5. The van der Waals surface area contributed by atoms with E-state index in [1.807, 2.05) is 49.4 Å². The molecule has 104 valence electrons. The van der Waals surface area contributed by atoms with E-state index in [0.29, 0.717) is 6.61 Å². The Labute approximate surface area is 120 Å². The minimum Gasteiger partial charge on any atom is -0.497 e. The third-order valence-electron chi connectivity index (χ3n) is 3.27. The summed E-state index contributed by atoms with van der Waals surface area (Å²) in [6, 6.07) is 14.1. The largest absolute Gasteiger partial charge is 0.497 e. The number of rotatable bonds is 5. The van der Waals surface area contributed by atoms with E-state index in [2.05, 4.69) is 13.5 Å². The SMILES string of the molecule is C=C(c1ccc(OCC)cc1)c1ccc(OC)cc1C. The van der Waals surface area contributed by atoms with Gasteiger partial charge in [-0.2, -0.15) is 0 Å². The highest BCUT2D eigenvalue weighted by Crippen LogP contribution is 2.28. The van der Waals surface area contributed by atoms with Crippen molar-refractivity contribution in [1.82, 2.24) is 0 Å². The number of hydrogen-bond donors (Lipinski definition) is 0. The average Bonchev–Trinajstić information content (AvgIpc) is 2.47. The molecule has 0 aliphatic heterocycles. The average molecular weight is 268 g/mol. The van der Waals surface area contributed by atoms with E-state index < -0.39 is 0 Å². The molecule has 2 heteroatoms. The van der Waals surface area contributed by atoms with Gasteiger partial charge in [-0.3, -0.25) is 0 Å². The molecule has 20 heavy (non-hydrogen) atoms. The molecular weight excluding hydrogens is 248 g/mol. The van der Waals surface area contributed by atoms with Gasteiger partial charge in [0.1, 0.15) is 11.5 Å². The molecule has 0 aliphatic carbocycles. The Morgan fingerprint density at radius 2 is 1.70 bits per heavy atom. The lowest BCUT2D eigenvalue weighted by atomic mass is 9.95. The summed E-state index contributed by atoms with van der Waals surface area (Å²) in [7, 11) is 1.68. The van der Waals surface area contributed by atoms with Gasteiger partial charge in [0.05, 0.1) is 13.7 Å². The third kappa shape index (κ3) is 3.02. The molecule has 0 aliphatic rings. The van der Waals surface area contributed by atoms with E-state index in [9.17, 15) is 0 Å². The molecule has 0 aromatic heterocycles. The first kappa shape index (κ1) is 14.2. The van der Waals surface area contributed by atoms with E-state index in [-0.39, 0.29) is 0 Å². The Morgan fingerprint density at radius 3 is 2.25 bits per heavy atom. The molecule has 0 bridgehead atoms. The van der Waals surface area contributed by atoms with Crippen molar-refractivity contribution in [1.29, 1.82) is 0 Å². The van der Waals surface area contributed by atoms with Gasteiger partial charge in [0.2, 0.25) is 0 Å². The van der Waals surface area contributed by atoms with E-state index in [1.54, 1.807) is 7.11 Å². The fraction of sp³-hybridized carbons (Fsp3) is 0.222. The molecule has 0 heterocycles. The van der Waals surface area contributed by atoms with Crippen molar-refractivity contribution in [2.24, 2.45) is 0 Å². The smallest absolute Gasteiger partial charge is 0.119 e. The minimum atomic E-state index is 0.678. The van der Waals surface area contributed by atoms with Crippen molar-refractivity contribution in [2.45, 2.75) is 13.8 Å². The highest BCUT2D eigenvalue weighted by molar-refractivity contribution is 5.80. The van der Waals surface area contributed by atoms with Crippen LogP contribution >= 0.6 is 0 Å². The summed E-state index contributed by atoms with van der Waals surface area (Å²) >= 11 is 0. The third-order valence-corrected chi connectivity index (χ3v) is 3.27. The molecule has 0 saturated carbocycles. The topological polar surface area (TPSA) is 18.5 Å². The molecule has 0 fully saturated rings. The molecule has 0 saturated heterocycles. The van der Waals surface area contributed by atoms with Gasteiger partial charge in [-0.15, -0.1) is 0 Å². The maximum Gasteiger partial charge on any atom is 0.119 e. The number of aryl methyl sites for hydroxylation is 1. The quantitative estimate of drug-likeness (QED) is 0.797. The van der Waals surface area contributed by atoms with Gasteiger partial charge >= 0.3 is 0 Å². The van der Waals surface area contributed by atoms with E-state index >= 15 is 0 Å². The van der Waals surface area contributed by atoms with Crippen LogP contribution in [0.5, 0.6) is 11.5 Å². The maximum absolute atomic E-state index is 5.45. The van der Waals surface area contributed by atoms with Gasteiger partial charge in [0, 0.05) is 0 Å². The fourth-order valence-electron chi connectivity index (χ4n) is 2.18. The van der Waals surface area contributed by atoms with Crippen LogP contribution in [0.15, 0.2) is 49.0 Å². The molecule has 0 atom stereocenters. The lowest BCUT2D eigenvalue weighted by Crippen LogP contribution is -1.94. The second-order valence-electron chi connectivity index (χ2n) is 4.62. The van der Waals surface area contributed by atoms with Crippen LogP contribution in [0.4, 0.5) is 0 Å². The van der Waals surface area contributed by atoms with Crippen molar-refractivity contribution < 1.29 is 9.47 Å². The van der Waals surface area contributed by atoms with Gasteiger partial charge in [-0.25, -0.2) is 0 Å². The summed E-state index contributed by atoms with van der Waals surface area (Å²) in [6.07, 6.45) is 0. The zero-order valence-electron chi connectivity index (χ0n) is 12.3. The molecule has 2 rings (SSSR count). The highest BCUT2D eigenvalue weighted by atomic mass is 16.5. The minimum absolute atomic E-state index is 0.678. The predicted molar refractivity (Wildman–Crippen MR) is 83.5 cm³/mol. The van der Waals surface area contributed by atoms with Crippen LogP contribution in [-0.4, -0.2) is 13.7 Å². The second-order valence-corrected chi connectivity index (χ2v) is 4.62. The summed E-state index contributed by atoms with van der Waals surface area (Å²) in [5.74, 6) is 1.75. The summed E-state index contributed by atoms with van der Waals surface area (Å²) in [6.45, 7) is 8.93. The standard InChI is InChI=1S/C18H20O2/c1-5-20-16-8-6-15(7-9-16)14(3)18-11-10-17(19-4)12-13(18)2/h6-12H,3,5H2,1-2,4H3. The van der Waals surface area contributed by atoms with Gasteiger partial charge in [-0.05, 0) is 60.4 Å². The fourth-order valence-corrected chi connectivity index (χ4v) is 2.18. The van der Waals surface area contributed by atoms with Crippen molar-refractivity contribution in [3.63, 3.8) is 0 Å². The van der Waals surface area contributed by atoms with Gasteiger partial charge < -0.3 is 9.47 Å². The first-order chi connectivity index (χ1) is 9.65. The summed E-state index contributed by atoms with van der Waals surface area (Å²) in [4.78, 5) is 0. The second kappa shape index (κ2) is 6.29. The number of ether oxygens (including phenoxy) is 2. The molecular formula is C18H20O2. The molecule has 2 nitrogen and oxygen atoms in total. The lowest BCUT2D eigenvalue weighted by molar-refractivity contribution is 0.340. The molecule has 0 N–H and O–H groups in total. The van der Waals surface area contributed by atoms with Crippen LogP contribution in [0.2, 0.25) is 0 Å². The van der Waals surface area contributed by atoms with Crippen molar-refractivity contribution >= 4 is 5.57 Å². The van der Waals surface area contributed by atoms with Crippen LogP contribution in [-0.2, 0) is 0 Å². The zero-order valence-corrected chi connectivity index (χ0v) is 12.3. The normalized spacial score (nSPS) is 10.2. The molecule has 0 radical (unpaired) electrons. The first-order valence-electron chi connectivity index (χ1n) is 6.73. The monoisotopic (exact) mass is 268 g/mol. The number of hydrogen-bond acceptors (Lipinski definition) is 2. The molecule has 2 aromatic rings. The van der Waals surface area contributed by atoms with E-state index in [1.165, 1.54) is 0 Å². The Morgan fingerprint density at radius 1 is 1.05 bits per heavy atom. The first-order valence-corrected chi connectivity index (χ1v) is 6.73. The number of benzene rings is 2. The molecule has 0 unspecified atom stereocenters. The molecule has 2 aromatic carbocycles. The van der Waals surface area contributed by atoms with Crippen LogP contribution in [0, 0.1) is 6.92 Å². The molecule has 0 spiro atoms. The van der Waals surface area contributed by atoms with Crippen molar-refractivity contribution in [2.75, 3.05) is 13.7 Å². The summed E-state index contributed by atoms with van der Waals surface area (Å²) in [5, 5.41) is 0. The van der Waals surface area contributed by atoms with Crippen LogP contribution in [0.25, 0.3) is 5.57 Å². The van der Waals surface area contributed by atoms with E-state index in [4.69, 9.17) is 9.47 Å². The van der Waals surface area contributed by atoms with Crippen LogP contribution in [0.1, 0.15) is 23.6 Å². The predicted octanol–water partition coefficient (Wildman–Crippen LogP) is 4.46. The molecule has 0 amide bonds. The highest BCUT2D eigenvalue weighted by Gasteiger charge is 2.07. The van der Waals surface area contributed by atoms with Crippen molar-refractivity contribution in [3.8, 4) is 11.5 Å². The van der Waals surface area contributed by atoms with E-state index in [0.717, 1.165) is 33.8 Å². The van der Waals surface area contributed by atoms with Gasteiger partial charge in [-0.1, -0.05) is 24.8 Å². The van der Waals surface area contributed by atoms with Crippen molar-refractivity contribution in [3.05, 3.63) is 65.7 Å². The maximum atomic E-state index is 5.45. The Bertz CT molecular complexity index is 597. The van der Waals surface area contributed by atoms with Gasteiger partial charge in [0.15, 0.2) is 0 Å². The van der Waals surface area contributed by atoms with Gasteiger partial charge in [0.25, 0.3) is 0 Å². The summed E-state index contributed by atoms with van der Waals surface area (Å²) in [5.41, 5.74) is 4.40. The Balaban J connectivity index is 2.26.